The lowest BCUT2D eigenvalue weighted by atomic mass is 10.1. The molecular weight excluding hydrogens is 240 g/mol. The van der Waals surface area contributed by atoms with E-state index < -0.39 is 5.54 Å². The van der Waals surface area contributed by atoms with Crippen molar-refractivity contribution in [1.82, 2.24) is 5.32 Å². The molecule has 2 amide bonds. The van der Waals surface area contributed by atoms with E-state index in [1.807, 2.05) is 0 Å². The molecule has 17 heavy (non-hydrogen) atoms. The number of carbonyl (C=O) groups excluding carboxylic acids is 2. The summed E-state index contributed by atoms with van der Waals surface area (Å²) in [5, 5.41) is 15.0. The zero-order valence-corrected chi connectivity index (χ0v) is 10.9. The average molecular weight is 256 g/mol. The van der Waals surface area contributed by atoms with Crippen molar-refractivity contribution in [2.45, 2.75) is 26.3 Å². The largest absolute Gasteiger partial charge is 0.394 e. The molecule has 0 saturated carbocycles. The fourth-order valence-electron chi connectivity index (χ4n) is 1.11. The summed E-state index contributed by atoms with van der Waals surface area (Å²) in [6.45, 7) is 4.73. The third kappa shape index (κ3) is 4.16. The van der Waals surface area contributed by atoms with Crippen LogP contribution in [0, 0.1) is 0 Å². The van der Waals surface area contributed by atoms with E-state index in [-0.39, 0.29) is 18.4 Å². The van der Waals surface area contributed by atoms with Crippen LogP contribution in [0.4, 0.5) is 5.00 Å². The number of aliphatic hydroxyl groups excluding tert-OH is 1. The van der Waals surface area contributed by atoms with Gasteiger partial charge >= 0.3 is 0 Å². The van der Waals surface area contributed by atoms with Crippen LogP contribution in [0.3, 0.4) is 0 Å². The topological polar surface area (TPSA) is 78.4 Å². The van der Waals surface area contributed by atoms with E-state index in [1.54, 1.807) is 26.0 Å². The molecule has 3 N–H and O–H groups in total. The predicted molar refractivity (Wildman–Crippen MR) is 67.3 cm³/mol. The fraction of sp³-hybridized carbons (Fsp3) is 0.455. The molecule has 0 aliphatic heterocycles. The van der Waals surface area contributed by atoms with Gasteiger partial charge < -0.3 is 15.7 Å². The summed E-state index contributed by atoms with van der Waals surface area (Å²) in [5.74, 6) is -0.430. The second-order valence-corrected chi connectivity index (χ2v) is 5.42. The van der Waals surface area contributed by atoms with Gasteiger partial charge in [-0.1, -0.05) is 0 Å². The van der Waals surface area contributed by atoms with E-state index in [4.69, 9.17) is 5.11 Å². The molecule has 0 spiro atoms. The maximum Gasteiger partial charge on any atom is 0.261 e. The van der Waals surface area contributed by atoms with Gasteiger partial charge in [0, 0.05) is 6.92 Å². The Morgan fingerprint density at radius 1 is 1.41 bits per heavy atom. The molecule has 1 rings (SSSR count). The number of carbonyl (C=O) groups is 2. The van der Waals surface area contributed by atoms with Crippen LogP contribution in [0.2, 0.25) is 0 Å². The number of anilines is 1. The van der Waals surface area contributed by atoms with Gasteiger partial charge in [-0.3, -0.25) is 9.59 Å². The Morgan fingerprint density at radius 3 is 2.59 bits per heavy atom. The number of nitrogens with one attached hydrogen (secondary N) is 2. The van der Waals surface area contributed by atoms with Crippen LogP contribution in [0.15, 0.2) is 12.1 Å². The highest BCUT2D eigenvalue weighted by Crippen LogP contribution is 2.22. The van der Waals surface area contributed by atoms with Crippen LogP contribution < -0.4 is 10.6 Å². The summed E-state index contributed by atoms with van der Waals surface area (Å²) in [6.07, 6.45) is 0. The molecule has 0 atom stereocenters. The highest BCUT2D eigenvalue weighted by atomic mass is 32.1. The Labute approximate surface area is 104 Å². The van der Waals surface area contributed by atoms with E-state index in [0.29, 0.717) is 9.88 Å². The van der Waals surface area contributed by atoms with Crippen LogP contribution >= 0.6 is 11.3 Å². The number of hydrogen-bond acceptors (Lipinski definition) is 4. The van der Waals surface area contributed by atoms with E-state index in [2.05, 4.69) is 10.6 Å². The molecule has 1 heterocycles. The van der Waals surface area contributed by atoms with Crippen LogP contribution in [0.25, 0.3) is 0 Å². The van der Waals surface area contributed by atoms with Crippen LogP contribution in [0.5, 0.6) is 0 Å². The van der Waals surface area contributed by atoms with Gasteiger partial charge in [0.15, 0.2) is 0 Å². The highest BCUT2D eigenvalue weighted by molar-refractivity contribution is 7.18. The molecule has 0 fully saturated rings. The van der Waals surface area contributed by atoms with Gasteiger partial charge in [0.1, 0.15) is 0 Å². The first-order chi connectivity index (χ1) is 7.84. The summed E-state index contributed by atoms with van der Waals surface area (Å²) >= 11 is 1.19. The standard InChI is InChI=1S/C11H16N2O3S/c1-7(15)12-9-5-4-8(17-9)10(16)13-11(2,3)6-14/h4-5,14H,6H2,1-3H3,(H,12,15)(H,13,16). The molecule has 0 aliphatic rings. The lowest BCUT2D eigenvalue weighted by Gasteiger charge is -2.22. The summed E-state index contributed by atoms with van der Waals surface area (Å²) in [5.41, 5.74) is -0.657. The van der Waals surface area contributed by atoms with Crippen molar-refractivity contribution in [3.63, 3.8) is 0 Å². The van der Waals surface area contributed by atoms with E-state index in [9.17, 15) is 9.59 Å². The lowest BCUT2D eigenvalue weighted by Crippen LogP contribution is -2.46. The quantitative estimate of drug-likeness (QED) is 0.757. The fourth-order valence-corrected chi connectivity index (χ4v) is 1.96. The minimum atomic E-state index is -0.657. The lowest BCUT2D eigenvalue weighted by molar-refractivity contribution is -0.114. The third-order valence-corrected chi connectivity index (χ3v) is 2.98. The molecule has 94 valence electrons. The van der Waals surface area contributed by atoms with Crippen molar-refractivity contribution in [1.29, 1.82) is 0 Å². The number of amides is 2. The number of hydrogen-bond donors (Lipinski definition) is 3. The van der Waals surface area contributed by atoms with Crippen molar-refractivity contribution in [3.8, 4) is 0 Å². The Bertz CT molecular complexity index is 426. The normalized spacial score (nSPS) is 11.1. The van der Waals surface area contributed by atoms with Gasteiger partial charge in [0.25, 0.3) is 5.91 Å². The molecule has 0 radical (unpaired) electrons. The molecule has 0 saturated heterocycles. The zero-order valence-electron chi connectivity index (χ0n) is 10.0. The maximum absolute atomic E-state index is 11.8. The monoisotopic (exact) mass is 256 g/mol. The van der Waals surface area contributed by atoms with Crippen molar-refractivity contribution in [3.05, 3.63) is 17.0 Å². The number of thiophene rings is 1. The Hall–Kier alpha value is -1.40. The van der Waals surface area contributed by atoms with Crippen LogP contribution in [0.1, 0.15) is 30.4 Å². The van der Waals surface area contributed by atoms with Gasteiger partial charge in [-0.25, -0.2) is 0 Å². The van der Waals surface area contributed by atoms with Gasteiger partial charge in [-0.2, -0.15) is 0 Å². The van der Waals surface area contributed by atoms with Crippen LogP contribution in [-0.2, 0) is 4.79 Å². The molecule has 0 aliphatic carbocycles. The first-order valence-electron chi connectivity index (χ1n) is 5.15. The van der Waals surface area contributed by atoms with E-state index in [0.717, 1.165) is 0 Å². The minimum absolute atomic E-state index is 0.136. The molecule has 0 bridgehead atoms. The highest BCUT2D eigenvalue weighted by Gasteiger charge is 2.21. The predicted octanol–water partition coefficient (Wildman–Crippen LogP) is 1.21. The Balaban J connectivity index is 2.70. The zero-order chi connectivity index (χ0) is 13.1. The number of aliphatic hydroxyl groups is 1. The van der Waals surface area contributed by atoms with Gasteiger partial charge in [0.05, 0.1) is 22.0 Å². The molecule has 6 heteroatoms. The average Bonchev–Trinajstić information content (AvgIpc) is 2.64. The van der Waals surface area contributed by atoms with Crippen molar-refractivity contribution < 1.29 is 14.7 Å². The smallest absolute Gasteiger partial charge is 0.261 e. The van der Waals surface area contributed by atoms with Crippen LogP contribution in [-0.4, -0.2) is 29.1 Å². The first kappa shape index (κ1) is 13.7. The van der Waals surface area contributed by atoms with Crippen molar-refractivity contribution in [2.24, 2.45) is 0 Å². The molecule has 0 aromatic carbocycles. The Kier molecular flexibility index (Phi) is 4.25. The SMILES string of the molecule is CC(=O)Nc1ccc(C(=O)NC(C)(C)CO)s1. The second-order valence-electron chi connectivity index (χ2n) is 4.34. The molecule has 5 nitrogen and oxygen atoms in total. The summed E-state index contributed by atoms with van der Waals surface area (Å²) in [7, 11) is 0. The minimum Gasteiger partial charge on any atom is -0.394 e. The second kappa shape index (κ2) is 5.29. The summed E-state index contributed by atoms with van der Waals surface area (Å²) in [4.78, 5) is 23.1. The van der Waals surface area contributed by atoms with Gasteiger partial charge in [0.2, 0.25) is 5.91 Å². The van der Waals surface area contributed by atoms with Gasteiger partial charge in [-0.15, -0.1) is 11.3 Å². The maximum atomic E-state index is 11.8. The van der Waals surface area contributed by atoms with E-state index in [1.165, 1.54) is 18.3 Å². The third-order valence-electron chi connectivity index (χ3n) is 1.98. The first-order valence-corrected chi connectivity index (χ1v) is 5.96. The number of rotatable bonds is 4. The van der Waals surface area contributed by atoms with E-state index >= 15 is 0 Å². The van der Waals surface area contributed by atoms with Gasteiger partial charge in [-0.05, 0) is 26.0 Å². The summed E-state index contributed by atoms with van der Waals surface area (Å²) in [6, 6.07) is 3.31. The molecular formula is C11H16N2O3S. The van der Waals surface area contributed by atoms with Crippen molar-refractivity contribution >= 4 is 28.2 Å². The Morgan fingerprint density at radius 2 is 2.06 bits per heavy atom. The van der Waals surface area contributed by atoms with Crippen molar-refractivity contribution in [2.75, 3.05) is 11.9 Å². The molecule has 0 unspecified atom stereocenters. The summed E-state index contributed by atoms with van der Waals surface area (Å²) < 4.78 is 0. The molecule has 1 aromatic rings. The molecule has 1 aromatic heterocycles.